The van der Waals surface area contributed by atoms with Crippen molar-refractivity contribution in [2.45, 2.75) is 20.3 Å². The third kappa shape index (κ3) is 9.11. The second-order valence-corrected chi connectivity index (χ2v) is 20.2. The molecular formula is C62H51OOsP+. The standard InChI is InChI=1S/C62H51OP.Os/c1-4-19-47-31-33-48(34-32-47)37-41-60-56-27-15-17-29-58(56)61(59-30-18-16-28-57(59)60)42-38-49-35-39-50(40-36-49)62(43-52-45-63-44-51(52)20-5-2)46(3)64(53-21-9-6-10-22-53,54-23-11-7-12-24-54)55-25-13-8-14-26-55;/h4,6-43H,5,44-45H2,1-2H3;/q+1;/b19-4+,41-37+,42-38+,51-20?,52-43?,62-46?;. The molecule has 1 nitrogen and oxygen atoms in total. The first kappa shape index (κ1) is 43.8. The van der Waals surface area contributed by atoms with Gasteiger partial charge in [-0.3, -0.25) is 0 Å². The number of fused-ring (bicyclic) bond motifs is 2. The van der Waals surface area contributed by atoms with Gasteiger partial charge in [0.2, 0.25) is 0 Å². The molecule has 65 heavy (non-hydrogen) atoms. The van der Waals surface area contributed by atoms with Crippen molar-refractivity contribution >= 4 is 80.7 Å². The number of benzene rings is 8. The van der Waals surface area contributed by atoms with Crippen LogP contribution in [0.1, 0.15) is 53.6 Å². The van der Waals surface area contributed by atoms with Gasteiger partial charge in [-0.15, -0.1) is 0 Å². The van der Waals surface area contributed by atoms with Gasteiger partial charge in [0.25, 0.3) is 0 Å². The number of allylic oxidation sites excluding steroid dienone is 5. The van der Waals surface area contributed by atoms with Gasteiger partial charge in [-0.2, -0.15) is 0 Å². The topological polar surface area (TPSA) is 9.23 Å². The van der Waals surface area contributed by atoms with Gasteiger partial charge in [0, 0.05) is 0 Å². The van der Waals surface area contributed by atoms with E-state index in [4.69, 9.17) is 4.74 Å². The molecule has 1 fully saturated rings. The Labute approximate surface area is 394 Å². The van der Waals surface area contributed by atoms with Crippen molar-refractivity contribution in [2.75, 3.05) is 13.2 Å². The average molecular weight is 1030 g/mol. The van der Waals surface area contributed by atoms with E-state index in [0.717, 1.165) is 17.5 Å². The second kappa shape index (κ2) is 20.6. The van der Waals surface area contributed by atoms with Gasteiger partial charge < -0.3 is 0 Å². The molecule has 0 N–H and O–H groups in total. The van der Waals surface area contributed by atoms with Gasteiger partial charge in [0.15, 0.2) is 0 Å². The number of hydrogen-bond donors (Lipinski definition) is 0. The molecule has 0 unspecified atom stereocenters. The first-order valence-corrected chi connectivity index (χ1v) is 25.4. The summed E-state index contributed by atoms with van der Waals surface area (Å²) < 4.78 is 10.0. The van der Waals surface area contributed by atoms with Crippen LogP contribution >= 0.6 is 7.26 Å². The molecule has 3 heteroatoms. The van der Waals surface area contributed by atoms with E-state index < -0.39 is 7.26 Å². The summed E-state index contributed by atoms with van der Waals surface area (Å²) in [4.78, 5) is 0. The molecular weight excluding hydrogens is 982 g/mol. The molecule has 0 aliphatic carbocycles. The zero-order chi connectivity index (χ0) is 44.4. The molecule has 1 heterocycles. The van der Waals surface area contributed by atoms with Crippen molar-refractivity contribution in [3.63, 3.8) is 0 Å². The van der Waals surface area contributed by atoms with Crippen LogP contribution in [0.5, 0.6) is 0 Å². The molecule has 1 aliphatic heterocycles. The smallest absolute Gasteiger partial charge is 0.0616 e. The molecule has 317 valence electrons. The summed E-state index contributed by atoms with van der Waals surface area (Å²) in [5, 5.41) is 10.1. The SMILES string of the molecule is C/C=C/c1ccc(/C=C/c2c3ccccc3c(/C=C/c3ccc(C(C=C4COCC4=CCC)=C([C]#[Os])[P+](c4ccccc4)(c4ccccc4)c4ccccc4)cc3)c3ccccc23)cc1. The van der Waals surface area contributed by atoms with Gasteiger partial charge >= 0.3 is 289 Å². The minimum absolute atomic E-state index is 0.587. The molecule has 0 atom stereocenters. The summed E-state index contributed by atoms with van der Waals surface area (Å²) >= 11 is 1.83. The van der Waals surface area contributed by atoms with Crippen LogP contribution in [0.15, 0.2) is 223 Å². The van der Waals surface area contributed by atoms with E-state index in [1.807, 2.05) is 17.9 Å². The fraction of sp³-hybridized carbons (Fsp3) is 0.0806. The minimum atomic E-state index is -2.47. The Bertz CT molecular complexity index is 3030. The maximum atomic E-state index is 6.13. The quantitative estimate of drug-likeness (QED) is 0.0673. The van der Waals surface area contributed by atoms with Gasteiger partial charge in [0.05, 0.1) is 0 Å². The van der Waals surface area contributed by atoms with Crippen LogP contribution in [0.3, 0.4) is 0 Å². The van der Waals surface area contributed by atoms with Crippen molar-refractivity contribution in [1.29, 1.82) is 0 Å². The average Bonchev–Trinajstić information content (AvgIpc) is 3.81. The zero-order valence-corrected chi connectivity index (χ0v) is 40.3. The molecule has 0 bridgehead atoms. The summed E-state index contributed by atoms with van der Waals surface area (Å²) in [6.45, 7) is 5.47. The van der Waals surface area contributed by atoms with Crippen molar-refractivity contribution in [2.24, 2.45) is 0 Å². The number of rotatable bonds is 12. The summed E-state index contributed by atoms with van der Waals surface area (Å²) in [7, 11) is -2.47. The molecule has 0 saturated carbocycles. The van der Waals surface area contributed by atoms with Gasteiger partial charge in [-0.05, 0) is 23.6 Å². The Morgan fingerprint density at radius 3 is 1.32 bits per heavy atom. The fourth-order valence-corrected chi connectivity index (χ4v) is 15.0. The maximum absolute atomic E-state index is 6.13. The fourth-order valence-electron chi connectivity index (χ4n) is 9.17. The Kier molecular flexibility index (Phi) is 13.8. The third-order valence-corrected chi connectivity index (χ3v) is 17.6. The molecule has 8 aromatic rings. The van der Waals surface area contributed by atoms with E-state index in [1.54, 1.807) is 0 Å². The van der Waals surface area contributed by atoms with Crippen LogP contribution in [0.2, 0.25) is 0 Å². The summed E-state index contributed by atoms with van der Waals surface area (Å²) in [6, 6.07) is 68.8. The van der Waals surface area contributed by atoms with Gasteiger partial charge in [0.1, 0.15) is 0 Å². The summed E-state index contributed by atoms with van der Waals surface area (Å²) in [5.41, 5.74) is 10.8. The molecule has 0 amide bonds. The van der Waals surface area contributed by atoms with Crippen molar-refractivity contribution in [3.8, 4) is 4.37 Å². The Morgan fingerprint density at radius 1 is 0.508 bits per heavy atom. The second-order valence-electron chi connectivity index (χ2n) is 16.2. The van der Waals surface area contributed by atoms with Crippen LogP contribution in [0, 0.1) is 4.37 Å². The number of hydrogen-bond acceptors (Lipinski definition) is 1. The van der Waals surface area contributed by atoms with E-state index in [1.165, 1.54) is 81.7 Å². The predicted octanol–water partition coefficient (Wildman–Crippen LogP) is 14.9. The van der Waals surface area contributed by atoms with Crippen LogP contribution in [0.25, 0.3) is 57.5 Å². The normalized spacial score (nSPS) is 14.9. The molecule has 0 aromatic heterocycles. The monoisotopic (exact) mass is 1030 g/mol. The Balaban J connectivity index is 1.18. The first-order chi connectivity index (χ1) is 32.1. The first-order valence-electron chi connectivity index (χ1n) is 22.4. The van der Waals surface area contributed by atoms with Crippen molar-refractivity contribution in [1.82, 2.24) is 0 Å². The van der Waals surface area contributed by atoms with E-state index >= 15 is 0 Å². The van der Waals surface area contributed by atoms with Gasteiger partial charge in [-0.25, -0.2) is 0 Å². The predicted molar refractivity (Wildman–Crippen MR) is 280 cm³/mol. The van der Waals surface area contributed by atoms with Crippen LogP contribution < -0.4 is 15.9 Å². The minimum Gasteiger partial charge on any atom is -0.0616 e. The Hall–Kier alpha value is -6.47. The zero-order valence-electron chi connectivity index (χ0n) is 36.8. The Morgan fingerprint density at radius 2 is 0.908 bits per heavy atom. The molecule has 1 aliphatic rings. The van der Waals surface area contributed by atoms with Crippen LogP contribution in [0.4, 0.5) is 0 Å². The molecule has 0 radical (unpaired) electrons. The molecule has 8 aromatic carbocycles. The van der Waals surface area contributed by atoms with E-state index in [2.05, 4.69) is 255 Å². The van der Waals surface area contributed by atoms with Crippen LogP contribution in [-0.4, -0.2) is 13.2 Å². The molecule has 0 spiro atoms. The summed E-state index contributed by atoms with van der Waals surface area (Å²) in [5.74, 6) is 0. The van der Waals surface area contributed by atoms with Crippen molar-refractivity contribution < 1.29 is 22.7 Å². The van der Waals surface area contributed by atoms with Crippen molar-refractivity contribution in [3.05, 3.63) is 256 Å². The third-order valence-electron chi connectivity index (χ3n) is 12.2. The van der Waals surface area contributed by atoms with Gasteiger partial charge in [-0.1, -0.05) is 85.0 Å². The molecule has 9 rings (SSSR count). The van der Waals surface area contributed by atoms with E-state index in [-0.39, 0.29) is 0 Å². The summed E-state index contributed by atoms with van der Waals surface area (Å²) in [6.07, 6.45) is 19.0. The van der Waals surface area contributed by atoms with E-state index in [9.17, 15) is 0 Å². The van der Waals surface area contributed by atoms with Crippen LogP contribution in [-0.2, 0) is 22.7 Å². The molecule has 1 saturated heterocycles. The number of ether oxygens (including phenoxy) is 1. The van der Waals surface area contributed by atoms with E-state index in [0.29, 0.717) is 13.2 Å².